The first-order chi connectivity index (χ1) is 8.40. The lowest BCUT2D eigenvalue weighted by molar-refractivity contribution is -0.137. The number of nitrogens with zero attached hydrogens (tertiary/aromatic N) is 2. The molecule has 0 spiro atoms. The van der Waals surface area contributed by atoms with Crippen molar-refractivity contribution in [1.29, 1.82) is 0 Å². The molecule has 0 aliphatic rings. The van der Waals surface area contributed by atoms with Crippen LogP contribution in [-0.2, 0) is 11.3 Å². The maximum Gasteiger partial charge on any atom is 0.325 e. The van der Waals surface area contributed by atoms with Gasteiger partial charge >= 0.3 is 5.97 Å². The second-order valence-electron chi connectivity index (χ2n) is 3.85. The highest BCUT2D eigenvalue weighted by Gasteiger charge is 2.18. The predicted octanol–water partition coefficient (Wildman–Crippen LogP) is 3.52. The van der Waals surface area contributed by atoms with E-state index in [4.69, 9.17) is 5.11 Å². The van der Waals surface area contributed by atoms with Crippen LogP contribution < -0.4 is 0 Å². The molecular weight excluding hydrogens is 418 g/mol. The smallest absolute Gasteiger partial charge is 0.325 e. The standard InChI is InChI=1S/C11H9BrFIN2O2/c1-5(13)7-2-6(12)3-8-10(7)16(4-9(17)18)15-11(8)14/h2-3,5H,4H2,1H3,(H,17,18). The van der Waals surface area contributed by atoms with Crippen molar-refractivity contribution in [2.75, 3.05) is 0 Å². The molecule has 96 valence electrons. The fraction of sp³-hybridized carbons (Fsp3) is 0.273. The van der Waals surface area contributed by atoms with Crippen molar-refractivity contribution in [2.24, 2.45) is 0 Å². The number of benzene rings is 1. The zero-order chi connectivity index (χ0) is 13.4. The summed E-state index contributed by atoms with van der Waals surface area (Å²) in [6, 6.07) is 3.47. The van der Waals surface area contributed by atoms with Crippen LogP contribution in [0.3, 0.4) is 0 Å². The van der Waals surface area contributed by atoms with E-state index in [0.29, 0.717) is 14.8 Å². The number of carbonyl (C=O) groups is 1. The molecule has 0 aliphatic carbocycles. The Hall–Kier alpha value is -0.700. The number of aliphatic carboxylic acids is 1. The number of carboxylic acid groups (broad SMARTS) is 1. The minimum absolute atomic E-state index is 0.277. The zero-order valence-corrected chi connectivity index (χ0v) is 13.1. The topological polar surface area (TPSA) is 55.1 Å². The Labute approximate surface area is 124 Å². The first-order valence-electron chi connectivity index (χ1n) is 5.11. The Morgan fingerprint density at radius 2 is 2.33 bits per heavy atom. The third-order valence-electron chi connectivity index (χ3n) is 2.51. The van der Waals surface area contributed by atoms with Crippen molar-refractivity contribution in [1.82, 2.24) is 9.78 Å². The number of rotatable bonds is 3. The van der Waals surface area contributed by atoms with E-state index in [1.807, 2.05) is 28.7 Å². The lowest BCUT2D eigenvalue weighted by Gasteiger charge is -2.08. The van der Waals surface area contributed by atoms with Crippen LogP contribution in [0.15, 0.2) is 16.6 Å². The molecule has 1 aromatic carbocycles. The van der Waals surface area contributed by atoms with Crippen molar-refractivity contribution in [3.8, 4) is 0 Å². The molecule has 7 heteroatoms. The van der Waals surface area contributed by atoms with E-state index in [9.17, 15) is 9.18 Å². The van der Waals surface area contributed by atoms with Crippen LogP contribution in [0.5, 0.6) is 0 Å². The summed E-state index contributed by atoms with van der Waals surface area (Å²) in [5.41, 5.74) is 0.982. The number of fused-ring (bicyclic) bond motifs is 1. The van der Waals surface area contributed by atoms with Gasteiger partial charge in [0, 0.05) is 15.4 Å². The van der Waals surface area contributed by atoms with Gasteiger partial charge in [-0.2, -0.15) is 5.10 Å². The second kappa shape index (κ2) is 5.12. The van der Waals surface area contributed by atoms with Gasteiger partial charge in [-0.3, -0.25) is 9.48 Å². The fourth-order valence-electron chi connectivity index (χ4n) is 1.82. The maximum absolute atomic E-state index is 13.7. The largest absolute Gasteiger partial charge is 0.480 e. The molecule has 1 unspecified atom stereocenters. The molecule has 1 aromatic heterocycles. The molecule has 0 fully saturated rings. The van der Waals surface area contributed by atoms with Gasteiger partial charge in [0.05, 0.1) is 5.52 Å². The van der Waals surface area contributed by atoms with Gasteiger partial charge in [-0.05, 0) is 41.6 Å². The van der Waals surface area contributed by atoms with Crippen molar-refractivity contribution >= 4 is 55.4 Å². The molecule has 0 saturated heterocycles. The molecule has 0 bridgehead atoms. The number of aromatic nitrogens is 2. The summed E-state index contributed by atoms with van der Waals surface area (Å²) in [6.45, 7) is 1.15. The lowest BCUT2D eigenvalue weighted by Crippen LogP contribution is -2.11. The van der Waals surface area contributed by atoms with Gasteiger partial charge in [-0.1, -0.05) is 15.9 Å². The van der Waals surface area contributed by atoms with Gasteiger partial charge in [-0.15, -0.1) is 0 Å². The van der Waals surface area contributed by atoms with Gasteiger partial charge in [0.25, 0.3) is 0 Å². The summed E-state index contributed by atoms with van der Waals surface area (Å²) in [6.07, 6.45) is -1.19. The van der Waals surface area contributed by atoms with Gasteiger partial charge in [0.15, 0.2) is 0 Å². The van der Waals surface area contributed by atoms with E-state index in [0.717, 1.165) is 9.86 Å². The van der Waals surface area contributed by atoms with E-state index >= 15 is 0 Å². The van der Waals surface area contributed by atoms with Crippen LogP contribution in [0, 0.1) is 3.70 Å². The van der Waals surface area contributed by atoms with Crippen LogP contribution in [-0.4, -0.2) is 20.9 Å². The number of hydrogen-bond donors (Lipinski definition) is 1. The quantitative estimate of drug-likeness (QED) is 0.764. The Morgan fingerprint density at radius 1 is 1.67 bits per heavy atom. The van der Waals surface area contributed by atoms with Crippen LogP contribution in [0.25, 0.3) is 10.9 Å². The Balaban J connectivity index is 2.77. The number of hydrogen-bond acceptors (Lipinski definition) is 2. The van der Waals surface area contributed by atoms with Crippen LogP contribution in [0.4, 0.5) is 4.39 Å². The summed E-state index contributed by atoms with van der Waals surface area (Å²) in [4.78, 5) is 10.8. The van der Waals surface area contributed by atoms with E-state index in [-0.39, 0.29) is 6.54 Å². The van der Waals surface area contributed by atoms with Crippen molar-refractivity contribution < 1.29 is 14.3 Å². The third-order valence-corrected chi connectivity index (χ3v) is 3.76. The molecule has 2 aromatic rings. The lowest BCUT2D eigenvalue weighted by atomic mass is 10.1. The minimum atomic E-state index is -1.19. The molecule has 1 N–H and O–H groups in total. The summed E-state index contributed by atoms with van der Waals surface area (Å²) in [7, 11) is 0. The molecule has 1 heterocycles. The van der Waals surface area contributed by atoms with Crippen molar-refractivity contribution in [2.45, 2.75) is 19.6 Å². The highest BCUT2D eigenvalue weighted by molar-refractivity contribution is 14.1. The summed E-state index contributed by atoms with van der Waals surface area (Å²) < 4.78 is 16.4. The monoisotopic (exact) mass is 426 g/mol. The van der Waals surface area contributed by atoms with Crippen LogP contribution in [0.2, 0.25) is 0 Å². The van der Waals surface area contributed by atoms with E-state index in [2.05, 4.69) is 21.0 Å². The SMILES string of the molecule is CC(F)c1cc(Br)cc2c(I)nn(CC(=O)O)c12. The van der Waals surface area contributed by atoms with Gasteiger partial charge < -0.3 is 5.11 Å². The maximum atomic E-state index is 13.7. The molecule has 0 radical (unpaired) electrons. The molecule has 4 nitrogen and oxygen atoms in total. The summed E-state index contributed by atoms with van der Waals surface area (Å²) >= 11 is 5.34. The highest BCUT2D eigenvalue weighted by Crippen LogP contribution is 2.32. The van der Waals surface area contributed by atoms with Gasteiger partial charge in [-0.25, -0.2) is 4.39 Å². The normalized spacial score (nSPS) is 12.9. The first-order valence-corrected chi connectivity index (χ1v) is 6.98. The van der Waals surface area contributed by atoms with E-state index in [1.165, 1.54) is 11.6 Å². The fourth-order valence-corrected chi connectivity index (χ4v) is 2.97. The Kier molecular flexibility index (Phi) is 3.90. The van der Waals surface area contributed by atoms with Crippen LogP contribution in [0.1, 0.15) is 18.7 Å². The minimum Gasteiger partial charge on any atom is -0.480 e. The average molecular weight is 427 g/mol. The number of halogens is 3. The molecule has 0 aliphatic heterocycles. The van der Waals surface area contributed by atoms with E-state index in [1.54, 1.807) is 6.07 Å². The van der Waals surface area contributed by atoms with Crippen LogP contribution >= 0.6 is 38.5 Å². The van der Waals surface area contributed by atoms with Crippen molar-refractivity contribution in [3.05, 3.63) is 25.9 Å². The zero-order valence-electron chi connectivity index (χ0n) is 9.32. The summed E-state index contributed by atoms with van der Waals surface area (Å²) in [5, 5.41) is 13.8. The van der Waals surface area contributed by atoms with Gasteiger partial charge in [0.1, 0.15) is 16.4 Å². The molecule has 1 atom stereocenters. The molecule has 2 rings (SSSR count). The average Bonchev–Trinajstić information content (AvgIpc) is 2.53. The Bertz CT molecular complexity index is 627. The second-order valence-corrected chi connectivity index (χ2v) is 5.79. The number of carboxylic acids is 1. The van der Waals surface area contributed by atoms with Crippen molar-refractivity contribution in [3.63, 3.8) is 0 Å². The predicted molar refractivity (Wildman–Crippen MR) is 77.3 cm³/mol. The molecule has 0 saturated carbocycles. The highest BCUT2D eigenvalue weighted by atomic mass is 127. The molecular formula is C11H9BrFIN2O2. The van der Waals surface area contributed by atoms with Gasteiger partial charge in [0.2, 0.25) is 0 Å². The first kappa shape index (κ1) is 13.7. The molecule has 18 heavy (non-hydrogen) atoms. The third kappa shape index (κ3) is 2.51. The van der Waals surface area contributed by atoms with E-state index < -0.39 is 12.1 Å². The Morgan fingerprint density at radius 3 is 2.89 bits per heavy atom. The summed E-state index contributed by atoms with van der Waals surface area (Å²) in [5.74, 6) is -1.00. The molecule has 0 amide bonds. The number of alkyl halides is 1.